The van der Waals surface area contributed by atoms with Crippen molar-refractivity contribution in [3.63, 3.8) is 0 Å². The van der Waals surface area contributed by atoms with E-state index in [2.05, 4.69) is 10.6 Å². The molecule has 0 spiro atoms. The minimum atomic E-state index is -0.789. The molecular weight excluding hydrogens is 460 g/mol. The molecule has 35 heavy (non-hydrogen) atoms. The Labute approximate surface area is 209 Å². The van der Waals surface area contributed by atoms with Crippen molar-refractivity contribution in [3.8, 4) is 16.9 Å². The van der Waals surface area contributed by atoms with Gasteiger partial charge in [-0.3, -0.25) is 9.59 Å². The topological polar surface area (TPSA) is 67.4 Å². The monoisotopic (exact) mass is 484 g/mol. The van der Waals surface area contributed by atoms with Gasteiger partial charge in [-0.05, 0) is 41.5 Å². The van der Waals surface area contributed by atoms with Crippen LogP contribution in [-0.2, 0) is 16.0 Å². The molecular formula is C29H25ClN2O3. The average molecular weight is 485 g/mol. The molecule has 1 atom stereocenters. The van der Waals surface area contributed by atoms with Gasteiger partial charge in [0.15, 0.2) is 6.61 Å². The van der Waals surface area contributed by atoms with Gasteiger partial charge >= 0.3 is 0 Å². The summed E-state index contributed by atoms with van der Waals surface area (Å²) in [5.41, 5.74) is 3.50. The molecule has 2 N–H and O–H groups in total. The summed E-state index contributed by atoms with van der Waals surface area (Å²) in [7, 11) is 0. The van der Waals surface area contributed by atoms with Crippen molar-refractivity contribution in [2.24, 2.45) is 0 Å². The second kappa shape index (κ2) is 11.9. The number of ether oxygens (including phenoxy) is 1. The summed E-state index contributed by atoms with van der Waals surface area (Å²) >= 11 is 5.89. The normalized spacial score (nSPS) is 11.3. The first-order chi connectivity index (χ1) is 17.1. The average Bonchev–Trinajstić information content (AvgIpc) is 2.89. The number of carbonyl (C=O) groups excluding carboxylic acids is 2. The Hall–Kier alpha value is -4.09. The smallest absolute Gasteiger partial charge is 0.258 e. The summed E-state index contributed by atoms with van der Waals surface area (Å²) in [5.74, 6) is -0.185. The summed E-state index contributed by atoms with van der Waals surface area (Å²) in [6, 6.07) is 32.9. The number of hydrogen-bond acceptors (Lipinski definition) is 3. The number of para-hydroxylation sites is 1. The summed E-state index contributed by atoms with van der Waals surface area (Å²) in [6.07, 6.45) is 0.340. The zero-order valence-electron chi connectivity index (χ0n) is 19.0. The second-order valence-electron chi connectivity index (χ2n) is 7.95. The third kappa shape index (κ3) is 6.95. The van der Waals surface area contributed by atoms with E-state index in [1.807, 2.05) is 84.9 Å². The Balaban J connectivity index is 1.49. The van der Waals surface area contributed by atoms with Crippen LogP contribution in [0, 0.1) is 0 Å². The molecule has 2 amide bonds. The van der Waals surface area contributed by atoms with Crippen LogP contribution in [0.15, 0.2) is 109 Å². The molecule has 6 heteroatoms. The highest BCUT2D eigenvalue weighted by molar-refractivity contribution is 6.30. The quantitative estimate of drug-likeness (QED) is 0.318. The molecule has 4 aromatic rings. The van der Waals surface area contributed by atoms with Gasteiger partial charge in [0.2, 0.25) is 5.91 Å². The van der Waals surface area contributed by atoms with E-state index in [1.165, 1.54) is 0 Å². The first-order valence-corrected chi connectivity index (χ1v) is 11.6. The Kier molecular flexibility index (Phi) is 8.15. The lowest BCUT2D eigenvalue weighted by Crippen LogP contribution is -2.46. The molecule has 176 valence electrons. The molecule has 0 aliphatic carbocycles. The molecule has 1 unspecified atom stereocenters. The van der Waals surface area contributed by atoms with Gasteiger partial charge in [-0.2, -0.15) is 0 Å². The highest BCUT2D eigenvalue weighted by Gasteiger charge is 2.22. The first-order valence-electron chi connectivity index (χ1n) is 11.3. The number of halogens is 1. The predicted octanol–water partition coefficient (Wildman–Crippen LogP) is 5.75. The van der Waals surface area contributed by atoms with Crippen LogP contribution in [0.3, 0.4) is 0 Å². The largest absolute Gasteiger partial charge is 0.484 e. The van der Waals surface area contributed by atoms with Crippen LogP contribution < -0.4 is 15.4 Å². The van der Waals surface area contributed by atoms with Crippen molar-refractivity contribution < 1.29 is 14.3 Å². The van der Waals surface area contributed by atoms with E-state index >= 15 is 0 Å². The van der Waals surface area contributed by atoms with E-state index in [-0.39, 0.29) is 12.5 Å². The Morgan fingerprint density at radius 3 is 2.11 bits per heavy atom. The summed E-state index contributed by atoms with van der Waals surface area (Å²) in [4.78, 5) is 26.1. The minimum absolute atomic E-state index is 0.221. The van der Waals surface area contributed by atoms with Crippen LogP contribution in [0.2, 0.25) is 5.02 Å². The Bertz CT molecular complexity index is 1260. The molecule has 0 radical (unpaired) electrons. The van der Waals surface area contributed by atoms with Gasteiger partial charge in [-0.15, -0.1) is 0 Å². The number of benzene rings is 4. The fourth-order valence-electron chi connectivity index (χ4n) is 3.66. The summed E-state index contributed by atoms with van der Waals surface area (Å²) in [5, 5.41) is 6.41. The van der Waals surface area contributed by atoms with Crippen molar-refractivity contribution in [2.45, 2.75) is 12.5 Å². The van der Waals surface area contributed by atoms with Gasteiger partial charge in [0.25, 0.3) is 5.91 Å². The van der Waals surface area contributed by atoms with Crippen molar-refractivity contribution in [3.05, 3.63) is 120 Å². The maximum atomic E-state index is 13.4. The lowest BCUT2D eigenvalue weighted by molar-refractivity contribution is -0.127. The van der Waals surface area contributed by atoms with E-state index in [4.69, 9.17) is 16.3 Å². The molecule has 0 aliphatic rings. The van der Waals surface area contributed by atoms with Crippen molar-refractivity contribution in [1.82, 2.24) is 5.32 Å². The number of carbonyl (C=O) groups is 2. The number of rotatable bonds is 9. The van der Waals surface area contributed by atoms with Gasteiger partial charge in [0, 0.05) is 22.7 Å². The number of anilines is 1. The van der Waals surface area contributed by atoms with Gasteiger partial charge in [0.1, 0.15) is 11.8 Å². The third-order valence-electron chi connectivity index (χ3n) is 5.39. The Morgan fingerprint density at radius 2 is 1.40 bits per heavy atom. The Morgan fingerprint density at radius 1 is 0.771 bits per heavy atom. The van der Waals surface area contributed by atoms with Crippen LogP contribution in [0.4, 0.5) is 5.69 Å². The molecule has 0 saturated carbocycles. The maximum Gasteiger partial charge on any atom is 0.258 e. The molecule has 0 heterocycles. The van der Waals surface area contributed by atoms with E-state index in [1.54, 1.807) is 24.3 Å². The molecule has 4 aromatic carbocycles. The van der Waals surface area contributed by atoms with Crippen LogP contribution in [0.1, 0.15) is 5.56 Å². The number of hydrogen-bond donors (Lipinski definition) is 2. The van der Waals surface area contributed by atoms with E-state index in [0.717, 1.165) is 16.7 Å². The fraction of sp³-hybridized carbons (Fsp3) is 0.103. The van der Waals surface area contributed by atoms with Crippen molar-refractivity contribution in [2.75, 3.05) is 11.9 Å². The zero-order valence-corrected chi connectivity index (χ0v) is 19.7. The number of amides is 2. The molecule has 0 aromatic heterocycles. The molecule has 0 bridgehead atoms. The van der Waals surface area contributed by atoms with Crippen LogP contribution in [0.5, 0.6) is 5.75 Å². The SMILES string of the molecule is O=C(COc1ccc(Cl)cc1)NC(Cc1ccccc1)C(=O)Nc1ccccc1-c1ccccc1. The molecule has 0 saturated heterocycles. The minimum Gasteiger partial charge on any atom is -0.484 e. The lowest BCUT2D eigenvalue weighted by Gasteiger charge is -2.20. The lowest BCUT2D eigenvalue weighted by atomic mass is 10.0. The molecule has 5 nitrogen and oxygen atoms in total. The highest BCUT2D eigenvalue weighted by atomic mass is 35.5. The van der Waals surface area contributed by atoms with E-state index < -0.39 is 11.9 Å². The third-order valence-corrected chi connectivity index (χ3v) is 5.64. The van der Waals surface area contributed by atoms with Gasteiger partial charge in [-0.25, -0.2) is 0 Å². The number of nitrogens with one attached hydrogen (secondary N) is 2. The van der Waals surface area contributed by atoms with Crippen LogP contribution >= 0.6 is 11.6 Å². The maximum absolute atomic E-state index is 13.4. The summed E-state index contributed by atoms with van der Waals surface area (Å²) < 4.78 is 5.55. The van der Waals surface area contributed by atoms with Gasteiger partial charge in [0.05, 0.1) is 0 Å². The van der Waals surface area contributed by atoms with Crippen LogP contribution in [-0.4, -0.2) is 24.5 Å². The van der Waals surface area contributed by atoms with Crippen molar-refractivity contribution >= 4 is 29.1 Å². The highest BCUT2D eigenvalue weighted by Crippen LogP contribution is 2.27. The molecule has 4 rings (SSSR count). The standard InChI is InChI=1S/C29H25ClN2O3/c30-23-15-17-24(18-16-23)35-20-28(33)31-27(19-21-9-3-1-4-10-21)29(34)32-26-14-8-7-13-25(26)22-11-5-2-6-12-22/h1-18,27H,19-20H2,(H,31,33)(H,32,34). The zero-order chi connectivity index (χ0) is 24.5. The van der Waals surface area contributed by atoms with Gasteiger partial charge in [-0.1, -0.05) is 90.5 Å². The second-order valence-corrected chi connectivity index (χ2v) is 8.39. The fourth-order valence-corrected chi connectivity index (χ4v) is 3.78. The first kappa shape index (κ1) is 24.0. The van der Waals surface area contributed by atoms with Crippen LogP contribution in [0.25, 0.3) is 11.1 Å². The molecule has 0 fully saturated rings. The molecule has 0 aliphatic heterocycles. The summed E-state index contributed by atoms with van der Waals surface area (Å²) in [6.45, 7) is -0.221. The van der Waals surface area contributed by atoms with Gasteiger partial charge < -0.3 is 15.4 Å². The van der Waals surface area contributed by atoms with E-state index in [9.17, 15) is 9.59 Å². The van der Waals surface area contributed by atoms with Crippen molar-refractivity contribution in [1.29, 1.82) is 0 Å². The predicted molar refractivity (Wildman–Crippen MR) is 140 cm³/mol. The van der Waals surface area contributed by atoms with E-state index in [0.29, 0.717) is 22.9 Å².